The van der Waals surface area contributed by atoms with Gasteiger partial charge in [0.15, 0.2) is 5.41 Å². The second-order valence-electron chi connectivity index (χ2n) is 3.53. The lowest BCUT2D eigenvalue weighted by molar-refractivity contribution is -0.162. The minimum atomic E-state index is -1.70. The molecule has 1 atom stereocenters. The summed E-state index contributed by atoms with van der Waals surface area (Å²) in [6.45, 7) is 1.85. The quantitative estimate of drug-likeness (QED) is 0.498. The summed E-state index contributed by atoms with van der Waals surface area (Å²) >= 11 is 0. The molecular formula is C9H12O4. The standard InChI is InChI=1S/C9H12O4/c1-6-3-2-4-9(5-6,7(10)11)8(12)13/h2,4,6H,3,5H2,1H3,(H,10,11)(H,12,13). The van der Waals surface area contributed by atoms with E-state index in [4.69, 9.17) is 10.2 Å². The minimum Gasteiger partial charge on any atom is -0.480 e. The Bertz CT molecular complexity index is 253. The Morgan fingerprint density at radius 3 is 2.23 bits per heavy atom. The molecule has 4 heteroatoms. The van der Waals surface area contributed by atoms with Crippen molar-refractivity contribution in [1.29, 1.82) is 0 Å². The SMILES string of the molecule is CC1CC=CC(C(=O)O)(C(=O)O)C1. The Morgan fingerprint density at radius 2 is 1.92 bits per heavy atom. The Labute approximate surface area is 75.9 Å². The molecule has 0 bridgehead atoms. The van der Waals surface area contributed by atoms with E-state index in [2.05, 4.69) is 0 Å². The van der Waals surface area contributed by atoms with Gasteiger partial charge in [-0.1, -0.05) is 19.1 Å². The molecule has 0 aliphatic heterocycles. The van der Waals surface area contributed by atoms with Crippen LogP contribution in [0.15, 0.2) is 12.2 Å². The van der Waals surface area contributed by atoms with Gasteiger partial charge in [0.2, 0.25) is 0 Å². The second-order valence-corrected chi connectivity index (χ2v) is 3.53. The maximum Gasteiger partial charge on any atom is 0.324 e. The molecule has 4 nitrogen and oxygen atoms in total. The first-order valence-electron chi connectivity index (χ1n) is 4.13. The van der Waals surface area contributed by atoms with Crippen LogP contribution >= 0.6 is 0 Å². The number of hydrogen-bond acceptors (Lipinski definition) is 2. The number of rotatable bonds is 2. The van der Waals surface area contributed by atoms with Crippen molar-refractivity contribution < 1.29 is 19.8 Å². The first-order chi connectivity index (χ1) is 5.99. The van der Waals surface area contributed by atoms with Gasteiger partial charge >= 0.3 is 11.9 Å². The number of allylic oxidation sites excluding steroid dienone is 1. The van der Waals surface area contributed by atoms with Gasteiger partial charge < -0.3 is 10.2 Å². The number of carbonyl (C=O) groups is 2. The predicted octanol–water partition coefficient (Wildman–Crippen LogP) is 1.13. The van der Waals surface area contributed by atoms with E-state index in [-0.39, 0.29) is 12.3 Å². The zero-order chi connectivity index (χ0) is 10.1. The van der Waals surface area contributed by atoms with Gasteiger partial charge in [-0.15, -0.1) is 0 Å². The van der Waals surface area contributed by atoms with E-state index in [0.29, 0.717) is 0 Å². The van der Waals surface area contributed by atoms with E-state index in [1.165, 1.54) is 6.08 Å². The number of aliphatic carboxylic acids is 2. The molecule has 0 aromatic carbocycles. The fourth-order valence-corrected chi connectivity index (χ4v) is 1.61. The monoisotopic (exact) mass is 184 g/mol. The van der Waals surface area contributed by atoms with Crippen LogP contribution in [0.5, 0.6) is 0 Å². The molecule has 0 heterocycles. The molecule has 0 spiro atoms. The van der Waals surface area contributed by atoms with Crippen molar-refractivity contribution in [3.8, 4) is 0 Å². The summed E-state index contributed by atoms with van der Waals surface area (Å²) in [5.74, 6) is -2.44. The number of hydrogen-bond donors (Lipinski definition) is 2. The molecule has 1 aliphatic rings. The third kappa shape index (κ3) is 1.56. The highest BCUT2D eigenvalue weighted by Crippen LogP contribution is 2.34. The highest BCUT2D eigenvalue weighted by atomic mass is 16.4. The Kier molecular flexibility index (Phi) is 2.40. The van der Waals surface area contributed by atoms with E-state index in [0.717, 1.165) is 6.42 Å². The van der Waals surface area contributed by atoms with Crippen LogP contribution in [0, 0.1) is 11.3 Å². The number of carboxylic acid groups (broad SMARTS) is 2. The Hall–Kier alpha value is -1.32. The average molecular weight is 184 g/mol. The van der Waals surface area contributed by atoms with E-state index in [1.54, 1.807) is 6.08 Å². The zero-order valence-corrected chi connectivity index (χ0v) is 7.36. The summed E-state index contributed by atoms with van der Waals surface area (Å²) < 4.78 is 0. The van der Waals surface area contributed by atoms with Crippen LogP contribution in [0.1, 0.15) is 19.8 Å². The molecule has 0 saturated heterocycles. The zero-order valence-electron chi connectivity index (χ0n) is 7.36. The Morgan fingerprint density at radius 1 is 1.38 bits per heavy atom. The van der Waals surface area contributed by atoms with E-state index < -0.39 is 17.4 Å². The lowest BCUT2D eigenvalue weighted by Crippen LogP contribution is -2.40. The highest BCUT2D eigenvalue weighted by Gasteiger charge is 2.46. The van der Waals surface area contributed by atoms with Crippen molar-refractivity contribution >= 4 is 11.9 Å². The fourth-order valence-electron chi connectivity index (χ4n) is 1.61. The maximum atomic E-state index is 10.8. The normalized spacial score (nSPS) is 25.5. The van der Waals surface area contributed by atoms with Gasteiger partial charge in [-0.05, 0) is 18.8 Å². The fraction of sp³-hybridized carbons (Fsp3) is 0.556. The van der Waals surface area contributed by atoms with Crippen LogP contribution in [-0.4, -0.2) is 22.2 Å². The summed E-state index contributed by atoms with van der Waals surface area (Å²) in [7, 11) is 0. The minimum absolute atomic E-state index is 0.109. The lowest BCUT2D eigenvalue weighted by Gasteiger charge is -2.27. The highest BCUT2D eigenvalue weighted by molar-refractivity contribution is 6.00. The third-order valence-corrected chi connectivity index (χ3v) is 2.37. The molecule has 1 rings (SSSR count). The molecule has 1 aliphatic carbocycles. The third-order valence-electron chi connectivity index (χ3n) is 2.37. The second kappa shape index (κ2) is 3.20. The Balaban J connectivity index is 3.04. The van der Waals surface area contributed by atoms with Crippen molar-refractivity contribution in [3.05, 3.63) is 12.2 Å². The molecule has 0 saturated carbocycles. The summed E-state index contributed by atoms with van der Waals surface area (Å²) in [6.07, 6.45) is 3.85. The van der Waals surface area contributed by atoms with Gasteiger partial charge in [0.05, 0.1) is 0 Å². The van der Waals surface area contributed by atoms with Gasteiger partial charge in [0.25, 0.3) is 0 Å². The van der Waals surface area contributed by atoms with E-state index >= 15 is 0 Å². The van der Waals surface area contributed by atoms with E-state index in [9.17, 15) is 9.59 Å². The summed E-state index contributed by atoms with van der Waals surface area (Å²) in [5.41, 5.74) is -1.70. The first-order valence-corrected chi connectivity index (χ1v) is 4.13. The summed E-state index contributed by atoms with van der Waals surface area (Å²) in [4.78, 5) is 21.7. The molecule has 0 aromatic rings. The maximum absolute atomic E-state index is 10.8. The van der Waals surface area contributed by atoms with Crippen molar-refractivity contribution in [2.45, 2.75) is 19.8 Å². The van der Waals surface area contributed by atoms with Gasteiger partial charge in [0, 0.05) is 0 Å². The van der Waals surface area contributed by atoms with Crippen LogP contribution in [-0.2, 0) is 9.59 Å². The van der Waals surface area contributed by atoms with Crippen molar-refractivity contribution in [1.82, 2.24) is 0 Å². The average Bonchev–Trinajstić information content (AvgIpc) is 2.03. The predicted molar refractivity (Wildman–Crippen MR) is 45.2 cm³/mol. The lowest BCUT2D eigenvalue weighted by atomic mass is 9.75. The van der Waals surface area contributed by atoms with Crippen molar-refractivity contribution in [2.75, 3.05) is 0 Å². The van der Waals surface area contributed by atoms with Gasteiger partial charge in [-0.2, -0.15) is 0 Å². The first kappa shape index (κ1) is 9.77. The van der Waals surface area contributed by atoms with Crippen molar-refractivity contribution in [2.24, 2.45) is 11.3 Å². The molecule has 0 amide bonds. The van der Waals surface area contributed by atoms with Gasteiger partial charge in [-0.3, -0.25) is 9.59 Å². The largest absolute Gasteiger partial charge is 0.480 e. The molecule has 0 aromatic heterocycles. The van der Waals surface area contributed by atoms with Gasteiger partial charge in [0.1, 0.15) is 0 Å². The van der Waals surface area contributed by atoms with Gasteiger partial charge in [-0.25, -0.2) is 0 Å². The molecule has 72 valence electrons. The molecule has 13 heavy (non-hydrogen) atoms. The van der Waals surface area contributed by atoms with Crippen LogP contribution in [0.4, 0.5) is 0 Å². The van der Waals surface area contributed by atoms with Crippen LogP contribution in [0.3, 0.4) is 0 Å². The molecular weight excluding hydrogens is 172 g/mol. The summed E-state index contributed by atoms with van der Waals surface area (Å²) in [6, 6.07) is 0. The van der Waals surface area contributed by atoms with Crippen LogP contribution in [0.2, 0.25) is 0 Å². The van der Waals surface area contributed by atoms with Crippen LogP contribution in [0.25, 0.3) is 0 Å². The molecule has 2 N–H and O–H groups in total. The topological polar surface area (TPSA) is 74.6 Å². The smallest absolute Gasteiger partial charge is 0.324 e. The summed E-state index contributed by atoms with van der Waals surface area (Å²) in [5, 5.41) is 17.7. The van der Waals surface area contributed by atoms with Crippen molar-refractivity contribution in [3.63, 3.8) is 0 Å². The van der Waals surface area contributed by atoms with Crippen LogP contribution < -0.4 is 0 Å². The number of carboxylic acids is 2. The molecule has 0 radical (unpaired) electrons. The molecule has 1 unspecified atom stereocenters. The molecule has 0 fully saturated rings. The van der Waals surface area contributed by atoms with E-state index in [1.807, 2.05) is 6.92 Å².